The van der Waals surface area contributed by atoms with Crippen molar-refractivity contribution in [2.24, 2.45) is 5.73 Å². The summed E-state index contributed by atoms with van der Waals surface area (Å²) in [4.78, 5) is 11.3. The molecule has 5 N–H and O–H groups in total. The number of hydrogen-bond acceptors (Lipinski definition) is 4. The van der Waals surface area contributed by atoms with Crippen molar-refractivity contribution >= 4 is 17.3 Å². The van der Waals surface area contributed by atoms with Crippen LogP contribution < -0.4 is 16.9 Å². The molecule has 0 atom stereocenters. The van der Waals surface area contributed by atoms with E-state index in [-0.39, 0.29) is 0 Å². The first kappa shape index (κ1) is 11.7. The van der Waals surface area contributed by atoms with E-state index in [1.165, 1.54) is 19.3 Å². The summed E-state index contributed by atoms with van der Waals surface area (Å²) >= 11 is 0. The summed E-state index contributed by atoms with van der Waals surface area (Å²) in [5.74, 6) is -0.461. The highest BCUT2D eigenvalue weighted by Crippen LogP contribution is 2.20. The van der Waals surface area contributed by atoms with E-state index in [9.17, 15) is 4.79 Å². The molecule has 1 heterocycles. The second kappa shape index (κ2) is 5.05. The van der Waals surface area contributed by atoms with Crippen LogP contribution in [0.15, 0.2) is 18.2 Å². The summed E-state index contributed by atoms with van der Waals surface area (Å²) in [6.07, 6.45) is 3.62. The third-order valence-corrected chi connectivity index (χ3v) is 2.94. The Labute approximate surface area is 101 Å². The summed E-state index contributed by atoms with van der Waals surface area (Å²) < 4.78 is 0. The van der Waals surface area contributed by atoms with Gasteiger partial charge in [-0.25, -0.2) is 5.01 Å². The van der Waals surface area contributed by atoms with Crippen molar-refractivity contribution in [2.45, 2.75) is 19.3 Å². The van der Waals surface area contributed by atoms with Gasteiger partial charge in [-0.3, -0.25) is 4.79 Å². The van der Waals surface area contributed by atoms with Crippen molar-refractivity contribution in [1.82, 2.24) is 5.01 Å². The Hall–Kier alpha value is -1.75. The van der Waals surface area contributed by atoms with E-state index in [2.05, 4.69) is 10.4 Å². The number of carbonyl (C=O) groups is 1. The molecule has 0 aromatic heterocycles. The molecular weight excluding hydrogens is 216 g/mol. The minimum absolute atomic E-state index is 0.440. The van der Waals surface area contributed by atoms with E-state index >= 15 is 0 Å². The maximum atomic E-state index is 11.3. The number of nitrogens with zero attached hydrogens (tertiary/aromatic N) is 1. The number of rotatable bonds is 3. The van der Waals surface area contributed by atoms with Crippen LogP contribution >= 0.6 is 0 Å². The van der Waals surface area contributed by atoms with Crippen LogP contribution in [0.4, 0.5) is 11.4 Å². The van der Waals surface area contributed by atoms with E-state index in [0.29, 0.717) is 11.3 Å². The molecule has 17 heavy (non-hydrogen) atoms. The molecule has 0 aliphatic carbocycles. The highest BCUT2D eigenvalue weighted by Gasteiger charge is 2.13. The molecule has 1 aromatic rings. The van der Waals surface area contributed by atoms with Crippen molar-refractivity contribution in [2.75, 3.05) is 24.2 Å². The van der Waals surface area contributed by atoms with Gasteiger partial charge in [-0.2, -0.15) is 0 Å². The lowest BCUT2D eigenvalue weighted by atomic mass is 10.1. The first-order chi connectivity index (χ1) is 8.16. The monoisotopic (exact) mass is 234 g/mol. The molecular formula is C12H18N4O. The molecule has 92 valence electrons. The number of hydrazine groups is 1. The maximum absolute atomic E-state index is 11.3. The molecule has 5 nitrogen and oxygen atoms in total. The van der Waals surface area contributed by atoms with Gasteiger partial charge in [-0.05, 0) is 31.0 Å². The topological polar surface area (TPSA) is 84.4 Å². The first-order valence-electron chi connectivity index (χ1n) is 5.88. The highest BCUT2D eigenvalue weighted by molar-refractivity contribution is 5.99. The van der Waals surface area contributed by atoms with Gasteiger partial charge in [0, 0.05) is 18.8 Å². The van der Waals surface area contributed by atoms with Crippen molar-refractivity contribution < 1.29 is 4.79 Å². The first-order valence-corrected chi connectivity index (χ1v) is 5.88. The number of piperidine rings is 1. The van der Waals surface area contributed by atoms with Gasteiger partial charge in [-0.1, -0.05) is 6.42 Å². The molecule has 1 aromatic carbocycles. The van der Waals surface area contributed by atoms with E-state index in [4.69, 9.17) is 11.5 Å². The Morgan fingerprint density at radius 2 is 1.94 bits per heavy atom. The number of nitrogens with one attached hydrogen (secondary N) is 1. The van der Waals surface area contributed by atoms with Crippen LogP contribution in [-0.4, -0.2) is 24.0 Å². The van der Waals surface area contributed by atoms with Crippen LogP contribution in [0.3, 0.4) is 0 Å². The summed E-state index contributed by atoms with van der Waals surface area (Å²) in [5.41, 5.74) is 15.9. The van der Waals surface area contributed by atoms with Gasteiger partial charge in [0.25, 0.3) is 5.91 Å². The predicted octanol–water partition coefficient (Wildman–Crippen LogP) is 1.18. The average Bonchev–Trinajstić information content (AvgIpc) is 2.32. The van der Waals surface area contributed by atoms with Crippen LogP contribution in [0, 0.1) is 0 Å². The van der Waals surface area contributed by atoms with Crippen LogP contribution in [0.5, 0.6) is 0 Å². The van der Waals surface area contributed by atoms with Gasteiger partial charge in [0.05, 0.1) is 11.3 Å². The zero-order valence-electron chi connectivity index (χ0n) is 9.78. The normalized spacial score (nSPS) is 16.7. The number of carbonyl (C=O) groups excluding carboxylic acids is 1. The summed E-state index contributed by atoms with van der Waals surface area (Å²) in [6, 6.07) is 5.16. The quantitative estimate of drug-likeness (QED) is 0.686. The fraction of sp³-hybridized carbons (Fsp3) is 0.417. The second-order valence-electron chi connectivity index (χ2n) is 4.33. The molecule has 1 amide bonds. The lowest BCUT2D eigenvalue weighted by Crippen LogP contribution is -2.35. The Bertz CT molecular complexity index is 413. The average molecular weight is 234 g/mol. The molecule has 0 spiro atoms. The fourth-order valence-corrected chi connectivity index (χ4v) is 2.04. The minimum atomic E-state index is -0.461. The Morgan fingerprint density at radius 3 is 2.59 bits per heavy atom. The standard InChI is InChI=1S/C12H18N4O/c13-9-4-5-11(10(8-9)12(14)17)15-16-6-2-1-3-7-16/h4-5,8,15H,1-3,6-7,13H2,(H2,14,17). The Morgan fingerprint density at radius 1 is 1.24 bits per heavy atom. The van der Waals surface area contributed by atoms with Crippen molar-refractivity contribution in [3.63, 3.8) is 0 Å². The molecule has 0 radical (unpaired) electrons. The Balaban J connectivity index is 2.16. The van der Waals surface area contributed by atoms with Crippen LogP contribution in [0.1, 0.15) is 29.6 Å². The van der Waals surface area contributed by atoms with Gasteiger partial charge in [-0.15, -0.1) is 0 Å². The summed E-state index contributed by atoms with van der Waals surface area (Å²) in [7, 11) is 0. The third kappa shape index (κ3) is 2.88. The molecule has 0 unspecified atom stereocenters. The number of primary amides is 1. The molecule has 0 saturated carbocycles. The highest BCUT2D eigenvalue weighted by atomic mass is 16.1. The van der Waals surface area contributed by atoms with Crippen LogP contribution in [0.2, 0.25) is 0 Å². The third-order valence-electron chi connectivity index (χ3n) is 2.94. The zero-order valence-corrected chi connectivity index (χ0v) is 9.78. The molecule has 1 aliphatic rings. The van der Waals surface area contributed by atoms with Gasteiger partial charge >= 0.3 is 0 Å². The van der Waals surface area contributed by atoms with E-state index in [0.717, 1.165) is 18.8 Å². The van der Waals surface area contributed by atoms with Crippen LogP contribution in [0.25, 0.3) is 0 Å². The number of hydrogen-bond donors (Lipinski definition) is 3. The van der Waals surface area contributed by atoms with Crippen LogP contribution in [-0.2, 0) is 0 Å². The van der Waals surface area contributed by atoms with Crippen molar-refractivity contribution in [1.29, 1.82) is 0 Å². The number of anilines is 2. The van der Waals surface area contributed by atoms with Gasteiger partial charge in [0.15, 0.2) is 0 Å². The molecule has 2 rings (SSSR count). The SMILES string of the molecule is NC(=O)c1cc(N)ccc1NN1CCCCC1. The molecule has 1 saturated heterocycles. The Kier molecular flexibility index (Phi) is 3.49. The number of nitrogen functional groups attached to an aromatic ring is 1. The smallest absolute Gasteiger partial charge is 0.250 e. The molecule has 5 heteroatoms. The number of amides is 1. The zero-order chi connectivity index (χ0) is 12.3. The fourth-order valence-electron chi connectivity index (χ4n) is 2.04. The van der Waals surface area contributed by atoms with E-state index in [1.54, 1.807) is 18.2 Å². The van der Waals surface area contributed by atoms with Gasteiger partial charge in [0.1, 0.15) is 0 Å². The van der Waals surface area contributed by atoms with Gasteiger partial charge in [0.2, 0.25) is 0 Å². The number of benzene rings is 1. The van der Waals surface area contributed by atoms with Crippen molar-refractivity contribution in [3.05, 3.63) is 23.8 Å². The summed E-state index contributed by atoms with van der Waals surface area (Å²) in [6.45, 7) is 1.98. The molecule has 0 bridgehead atoms. The minimum Gasteiger partial charge on any atom is -0.399 e. The molecule has 1 aliphatic heterocycles. The van der Waals surface area contributed by atoms with Crippen molar-refractivity contribution in [3.8, 4) is 0 Å². The largest absolute Gasteiger partial charge is 0.399 e. The van der Waals surface area contributed by atoms with E-state index < -0.39 is 5.91 Å². The lowest BCUT2D eigenvalue weighted by molar-refractivity contribution is 0.100. The lowest BCUT2D eigenvalue weighted by Gasteiger charge is -2.28. The number of nitrogens with two attached hydrogens (primary N) is 2. The molecule has 1 fully saturated rings. The van der Waals surface area contributed by atoms with E-state index in [1.807, 2.05) is 0 Å². The summed E-state index contributed by atoms with van der Waals surface area (Å²) in [5, 5.41) is 2.11. The predicted molar refractivity (Wildman–Crippen MR) is 68.4 cm³/mol. The second-order valence-corrected chi connectivity index (χ2v) is 4.33. The van der Waals surface area contributed by atoms with Gasteiger partial charge < -0.3 is 16.9 Å². The maximum Gasteiger partial charge on any atom is 0.250 e.